The Morgan fingerprint density at radius 3 is 2.05 bits per heavy atom. The van der Waals surface area contributed by atoms with Gasteiger partial charge in [0.1, 0.15) is 5.82 Å². The number of nitrogens with zero attached hydrogens (tertiary/aromatic N) is 2. The fourth-order valence-corrected chi connectivity index (χ4v) is 1.84. The van der Waals surface area contributed by atoms with E-state index in [2.05, 4.69) is 34.5 Å². The summed E-state index contributed by atoms with van der Waals surface area (Å²) in [5.74, 6) is 6.19. The number of nitrogens with one attached hydrogen (secondary N) is 1. The molecule has 1 aromatic heterocycles. The van der Waals surface area contributed by atoms with Crippen LogP contribution in [0.3, 0.4) is 0 Å². The molecule has 1 heterocycles. The van der Waals surface area contributed by atoms with E-state index in [0.717, 1.165) is 34.8 Å². The first kappa shape index (κ1) is 29.5. The van der Waals surface area contributed by atoms with E-state index in [1.807, 2.05) is 19.1 Å². The summed E-state index contributed by atoms with van der Waals surface area (Å²) in [7, 11) is 0. The molecule has 2 aromatic rings. The predicted molar refractivity (Wildman–Crippen MR) is 95.0 cm³/mol. The van der Waals surface area contributed by atoms with Crippen LogP contribution >= 0.6 is 0 Å². The van der Waals surface area contributed by atoms with Gasteiger partial charge in [-0.1, -0.05) is 36.8 Å². The second-order valence-electron chi connectivity index (χ2n) is 4.05. The van der Waals surface area contributed by atoms with Gasteiger partial charge in [-0.2, -0.15) is 0 Å². The molecule has 5 heteroatoms. The number of aryl methyl sites for hydroxylation is 2. The third kappa shape index (κ3) is 7.14. The molecule has 1 radical (unpaired) electrons. The molecule has 4 nitrogen and oxygen atoms in total. The zero-order valence-corrected chi connectivity index (χ0v) is 17.6. The van der Waals surface area contributed by atoms with Crippen molar-refractivity contribution in [2.24, 2.45) is 5.84 Å². The van der Waals surface area contributed by atoms with Crippen LogP contribution in [-0.4, -0.2) is 9.97 Å². The number of nitrogens with two attached hydrogens (primary N) is 1. The molecule has 0 aliphatic carbocycles. The van der Waals surface area contributed by atoms with Crippen LogP contribution < -0.4 is 5.84 Å². The van der Waals surface area contributed by atoms with Gasteiger partial charge in [-0.25, -0.2) is 4.98 Å². The summed E-state index contributed by atoms with van der Waals surface area (Å²) in [6.07, 6.45) is 0.922. The monoisotopic (exact) mass is 378 g/mol. The quantitative estimate of drug-likeness (QED) is 0.467. The first-order valence-electron chi connectivity index (χ1n) is 5.76. The average molecular weight is 378 g/mol. The standard InChI is InChI=1S/C13H17N4.4CH3.Y/c1-3-12-16-9(2)13(17-12)11-6-4-10(5-7-11)8-15-14;;;;;/h4-7H,3,8,14H2,1-2H3,(H,16,17);4*1H3;/q5*-1;. The van der Waals surface area contributed by atoms with Gasteiger partial charge in [-0.05, 0) is 6.92 Å². The molecule has 0 unspecified atom stereocenters. The summed E-state index contributed by atoms with van der Waals surface area (Å²) in [6, 6.07) is 8.18. The molecular weight excluding hydrogens is 349 g/mol. The number of rotatable bonds is 4. The Kier molecular flexibility index (Phi) is 18.8. The number of H-pyrrole nitrogens is 1. The minimum absolute atomic E-state index is 0. The first-order valence-corrected chi connectivity index (χ1v) is 5.76. The zero-order valence-electron chi connectivity index (χ0n) is 14.8. The van der Waals surface area contributed by atoms with E-state index in [1.54, 1.807) is 0 Å². The molecule has 3 N–H and O–H groups in total. The van der Waals surface area contributed by atoms with E-state index in [9.17, 15) is 0 Å². The van der Waals surface area contributed by atoms with Crippen LogP contribution in [0.1, 0.15) is 24.0 Å². The maximum absolute atomic E-state index is 5.16. The Bertz CT molecular complexity index is 492. The number of benzene rings is 1. The van der Waals surface area contributed by atoms with Crippen molar-refractivity contribution in [3.05, 3.63) is 76.5 Å². The molecule has 0 spiro atoms. The largest absolute Gasteiger partial charge is 0.596 e. The minimum Gasteiger partial charge on any atom is -0.596 e. The molecule has 125 valence electrons. The van der Waals surface area contributed by atoms with Crippen LogP contribution in [0.4, 0.5) is 0 Å². The van der Waals surface area contributed by atoms with E-state index in [0.29, 0.717) is 6.54 Å². The third-order valence-electron chi connectivity index (χ3n) is 2.77. The second-order valence-corrected chi connectivity index (χ2v) is 4.05. The SMILES string of the molecule is CCc1nc(-c2ccc(C[N-]N)cc2)c(C)[nH]1.[CH3-].[CH3-].[CH3-].[CH3-].[Y]. The summed E-state index contributed by atoms with van der Waals surface area (Å²) < 4.78 is 0. The van der Waals surface area contributed by atoms with Gasteiger partial charge in [0, 0.05) is 50.4 Å². The molecule has 0 saturated carbocycles. The van der Waals surface area contributed by atoms with Gasteiger partial charge in [-0.3, -0.25) is 0 Å². The normalized spacial score (nSPS) is 8.32. The fraction of sp³-hybridized carbons (Fsp3) is 0.235. The van der Waals surface area contributed by atoms with Crippen molar-refractivity contribution in [2.45, 2.75) is 26.8 Å². The smallest absolute Gasteiger partial charge is 0.106 e. The second kappa shape index (κ2) is 14.1. The number of aromatic amines is 1. The van der Waals surface area contributed by atoms with E-state index >= 15 is 0 Å². The summed E-state index contributed by atoms with van der Waals surface area (Å²) in [4.78, 5) is 7.85. The fourth-order valence-electron chi connectivity index (χ4n) is 1.84. The molecule has 0 fully saturated rings. The van der Waals surface area contributed by atoms with Crippen LogP contribution in [-0.2, 0) is 45.7 Å². The van der Waals surface area contributed by atoms with Gasteiger partial charge in [0.25, 0.3) is 0 Å². The van der Waals surface area contributed by atoms with Crippen LogP contribution in [0.5, 0.6) is 0 Å². The molecule has 0 atom stereocenters. The van der Waals surface area contributed by atoms with Crippen LogP contribution in [0.25, 0.3) is 16.7 Å². The third-order valence-corrected chi connectivity index (χ3v) is 2.77. The molecule has 1 aromatic carbocycles. The molecule has 0 amide bonds. The summed E-state index contributed by atoms with van der Waals surface area (Å²) in [5.41, 5.74) is 7.99. The van der Waals surface area contributed by atoms with Gasteiger partial charge in [-0.15, -0.1) is 6.54 Å². The number of imidazole rings is 1. The molecule has 0 bridgehead atoms. The van der Waals surface area contributed by atoms with E-state index in [-0.39, 0.29) is 62.4 Å². The Labute approximate surface area is 162 Å². The van der Waals surface area contributed by atoms with Gasteiger partial charge in [0.2, 0.25) is 0 Å². The average Bonchev–Trinajstić information content (AvgIpc) is 2.72. The Morgan fingerprint density at radius 1 is 1.09 bits per heavy atom. The minimum atomic E-state index is 0. The molecule has 22 heavy (non-hydrogen) atoms. The topological polar surface area (TPSA) is 68.8 Å². The van der Waals surface area contributed by atoms with E-state index in [1.165, 1.54) is 0 Å². The number of aromatic nitrogens is 2. The molecule has 0 saturated heterocycles. The van der Waals surface area contributed by atoms with Gasteiger partial charge in [0.05, 0.1) is 5.69 Å². The van der Waals surface area contributed by atoms with Crippen molar-refractivity contribution in [1.29, 1.82) is 0 Å². The van der Waals surface area contributed by atoms with Crippen molar-refractivity contribution in [1.82, 2.24) is 9.97 Å². The molecule has 2 rings (SSSR count). The van der Waals surface area contributed by atoms with E-state index < -0.39 is 0 Å². The molecule has 0 aliphatic rings. The van der Waals surface area contributed by atoms with Crippen LogP contribution in [0.2, 0.25) is 0 Å². The van der Waals surface area contributed by atoms with Crippen molar-refractivity contribution < 1.29 is 32.7 Å². The summed E-state index contributed by atoms with van der Waals surface area (Å²) in [5, 5.41) is 0. The number of hydrogen-bond acceptors (Lipinski definition) is 2. The van der Waals surface area contributed by atoms with Crippen LogP contribution in [0, 0.1) is 36.6 Å². The predicted octanol–water partition coefficient (Wildman–Crippen LogP) is 4.49. The summed E-state index contributed by atoms with van der Waals surface area (Å²) in [6.45, 7) is 4.69. The van der Waals surface area contributed by atoms with Crippen LogP contribution in [0.15, 0.2) is 24.3 Å². The Hall–Kier alpha value is -0.546. The first-order chi connectivity index (χ1) is 8.24. The maximum atomic E-state index is 5.16. The number of hydrogen-bond donors (Lipinski definition) is 2. The van der Waals surface area contributed by atoms with E-state index in [4.69, 9.17) is 5.84 Å². The summed E-state index contributed by atoms with van der Waals surface area (Å²) >= 11 is 0. The van der Waals surface area contributed by atoms with Gasteiger partial charge < -0.3 is 46.0 Å². The van der Waals surface area contributed by atoms with Crippen molar-refractivity contribution in [3.63, 3.8) is 0 Å². The Morgan fingerprint density at radius 2 is 1.64 bits per heavy atom. The molecule has 0 aliphatic heterocycles. The van der Waals surface area contributed by atoms with Crippen molar-refractivity contribution in [2.75, 3.05) is 0 Å². The van der Waals surface area contributed by atoms with Gasteiger partial charge in [0.15, 0.2) is 0 Å². The Balaban J connectivity index is -0.000000324. The van der Waals surface area contributed by atoms with Crippen molar-refractivity contribution >= 4 is 0 Å². The van der Waals surface area contributed by atoms with Crippen molar-refractivity contribution in [3.8, 4) is 11.3 Å². The van der Waals surface area contributed by atoms with Gasteiger partial charge >= 0.3 is 0 Å². The zero-order chi connectivity index (χ0) is 12.3. The maximum Gasteiger partial charge on any atom is 0.106 e. The molecular formula is C17H29N4Y-5.